The van der Waals surface area contributed by atoms with Crippen LogP contribution in [0.5, 0.6) is 5.88 Å². The molecule has 1 saturated heterocycles. The number of hydrogen-bond acceptors (Lipinski definition) is 5. The van der Waals surface area contributed by atoms with Crippen molar-refractivity contribution in [2.75, 3.05) is 45.7 Å². The predicted molar refractivity (Wildman–Crippen MR) is 98.0 cm³/mol. The van der Waals surface area contributed by atoms with Crippen LogP contribution in [0.4, 0.5) is 5.82 Å². The molecular formula is C19H24N4O2. The second-order valence-electron chi connectivity index (χ2n) is 6.30. The molecule has 0 spiro atoms. The predicted octanol–water partition coefficient (Wildman–Crippen LogP) is 2.09. The van der Waals surface area contributed by atoms with Gasteiger partial charge in [0, 0.05) is 44.4 Å². The van der Waals surface area contributed by atoms with Gasteiger partial charge in [-0.25, -0.2) is 0 Å². The molecule has 132 valence electrons. The fourth-order valence-electron chi connectivity index (χ4n) is 2.86. The number of piperazine rings is 1. The quantitative estimate of drug-likeness (QED) is 0.903. The summed E-state index contributed by atoms with van der Waals surface area (Å²) in [6, 6.07) is 13.1. The molecule has 0 radical (unpaired) electrons. The minimum Gasteiger partial charge on any atom is -0.481 e. The van der Waals surface area contributed by atoms with Crippen LogP contribution < -0.4 is 10.1 Å². The van der Waals surface area contributed by atoms with Crippen LogP contribution in [-0.2, 0) is 6.54 Å². The zero-order valence-corrected chi connectivity index (χ0v) is 14.7. The Bertz CT molecular complexity index is 727. The summed E-state index contributed by atoms with van der Waals surface area (Å²) in [5, 5.41) is 2.82. The number of anilines is 1. The molecule has 2 aromatic rings. The van der Waals surface area contributed by atoms with Crippen LogP contribution in [0.25, 0.3) is 0 Å². The number of hydrogen-bond donors (Lipinski definition) is 1. The van der Waals surface area contributed by atoms with Gasteiger partial charge in [-0.1, -0.05) is 18.2 Å². The highest BCUT2D eigenvalue weighted by Gasteiger charge is 2.15. The maximum absolute atomic E-state index is 12.5. The van der Waals surface area contributed by atoms with Crippen molar-refractivity contribution in [1.29, 1.82) is 0 Å². The number of benzene rings is 1. The molecule has 25 heavy (non-hydrogen) atoms. The minimum atomic E-state index is -0.166. The fourth-order valence-corrected chi connectivity index (χ4v) is 2.86. The number of nitrogens with zero attached hydrogens (tertiary/aromatic N) is 3. The lowest BCUT2D eigenvalue weighted by Gasteiger charge is -2.32. The van der Waals surface area contributed by atoms with E-state index in [0.717, 1.165) is 38.3 Å². The van der Waals surface area contributed by atoms with E-state index in [1.165, 1.54) is 0 Å². The van der Waals surface area contributed by atoms with E-state index in [9.17, 15) is 4.79 Å². The van der Waals surface area contributed by atoms with Crippen molar-refractivity contribution in [3.05, 3.63) is 53.6 Å². The third kappa shape index (κ3) is 4.78. The second kappa shape index (κ2) is 8.09. The molecule has 6 nitrogen and oxygen atoms in total. The van der Waals surface area contributed by atoms with Crippen molar-refractivity contribution in [3.8, 4) is 5.88 Å². The Balaban J connectivity index is 1.64. The number of amides is 1. The third-order valence-corrected chi connectivity index (χ3v) is 4.37. The third-order valence-electron chi connectivity index (χ3n) is 4.37. The Morgan fingerprint density at radius 1 is 1.16 bits per heavy atom. The van der Waals surface area contributed by atoms with Crippen LogP contribution in [0.15, 0.2) is 42.5 Å². The molecule has 1 N–H and O–H groups in total. The van der Waals surface area contributed by atoms with Crippen molar-refractivity contribution in [2.24, 2.45) is 0 Å². The van der Waals surface area contributed by atoms with Crippen molar-refractivity contribution >= 4 is 11.7 Å². The van der Waals surface area contributed by atoms with Crippen LogP contribution >= 0.6 is 0 Å². The smallest absolute Gasteiger partial charge is 0.256 e. The number of carbonyl (C=O) groups is 1. The van der Waals surface area contributed by atoms with Gasteiger partial charge in [-0.05, 0) is 30.8 Å². The number of pyridine rings is 1. The molecule has 3 rings (SSSR count). The van der Waals surface area contributed by atoms with Crippen LogP contribution in [0.1, 0.15) is 15.9 Å². The van der Waals surface area contributed by atoms with Gasteiger partial charge < -0.3 is 15.0 Å². The molecule has 1 amide bonds. The standard InChI is InChI=1S/C19H24N4O2/c1-22-9-11-23(12-10-22)14-15-5-3-6-16(13-15)19(24)21-17-7-4-8-18(20-17)25-2/h3-8,13H,9-12,14H2,1-2H3,(H,20,21,24). The first-order chi connectivity index (χ1) is 12.1. The lowest BCUT2D eigenvalue weighted by molar-refractivity contribution is 0.102. The van der Waals surface area contributed by atoms with Gasteiger partial charge in [-0.15, -0.1) is 0 Å². The molecule has 1 aromatic carbocycles. The zero-order chi connectivity index (χ0) is 17.6. The summed E-state index contributed by atoms with van der Waals surface area (Å²) in [6.45, 7) is 5.15. The Kier molecular flexibility index (Phi) is 5.63. The van der Waals surface area contributed by atoms with E-state index in [1.807, 2.05) is 18.2 Å². The molecule has 1 aliphatic rings. The summed E-state index contributed by atoms with van der Waals surface area (Å²) >= 11 is 0. The maximum atomic E-state index is 12.5. The van der Waals surface area contributed by atoms with Gasteiger partial charge in [0.15, 0.2) is 0 Å². The van der Waals surface area contributed by atoms with Crippen molar-refractivity contribution < 1.29 is 9.53 Å². The number of nitrogens with one attached hydrogen (secondary N) is 1. The van der Waals surface area contributed by atoms with Crippen LogP contribution in [0.2, 0.25) is 0 Å². The Morgan fingerprint density at radius 3 is 2.68 bits per heavy atom. The highest BCUT2D eigenvalue weighted by molar-refractivity contribution is 6.03. The minimum absolute atomic E-state index is 0.166. The largest absolute Gasteiger partial charge is 0.481 e. The SMILES string of the molecule is COc1cccc(NC(=O)c2cccc(CN3CCN(C)CC3)c2)n1. The van der Waals surface area contributed by atoms with Crippen molar-refractivity contribution in [2.45, 2.75) is 6.54 Å². The first-order valence-corrected chi connectivity index (χ1v) is 8.46. The number of aromatic nitrogens is 1. The number of ether oxygens (including phenoxy) is 1. The van der Waals surface area contributed by atoms with Crippen LogP contribution in [0.3, 0.4) is 0 Å². The molecule has 1 aromatic heterocycles. The number of carbonyl (C=O) groups excluding carboxylic acids is 1. The van der Waals surface area contributed by atoms with Crippen molar-refractivity contribution in [1.82, 2.24) is 14.8 Å². The van der Waals surface area contributed by atoms with E-state index in [1.54, 1.807) is 25.3 Å². The van der Waals surface area contributed by atoms with Gasteiger partial charge in [0.25, 0.3) is 5.91 Å². The van der Waals surface area contributed by atoms with Gasteiger partial charge in [0.1, 0.15) is 5.82 Å². The van der Waals surface area contributed by atoms with E-state index in [4.69, 9.17) is 4.74 Å². The highest BCUT2D eigenvalue weighted by atomic mass is 16.5. The molecule has 2 heterocycles. The van der Waals surface area contributed by atoms with Gasteiger partial charge >= 0.3 is 0 Å². The number of methoxy groups -OCH3 is 1. The Labute approximate surface area is 148 Å². The lowest BCUT2D eigenvalue weighted by atomic mass is 10.1. The summed E-state index contributed by atoms with van der Waals surface area (Å²) in [5.41, 5.74) is 1.78. The van der Waals surface area contributed by atoms with Crippen molar-refractivity contribution in [3.63, 3.8) is 0 Å². The maximum Gasteiger partial charge on any atom is 0.256 e. The van der Waals surface area contributed by atoms with Gasteiger partial charge in [-0.3, -0.25) is 9.69 Å². The van der Waals surface area contributed by atoms with Crippen LogP contribution in [-0.4, -0.2) is 61.0 Å². The van der Waals surface area contributed by atoms with E-state index < -0.39 is 0 Å². The van der Waals surface area contributed by atoms with E-state index in [-0.39, 0.29) is 5.91 Å². The first-order valence-electron chi connectivity index (χ1n) is 8.46. The van der Waals surface area contributed by atoms with Gasteiger partial charge in [-0.2, -0.15) is 4.98 Å². The average Bonchev–Trinajstić information content (AvgIpc) is 2.64. The molecule has 1 fully saturated rings. The molecule has 6 heteroatoms. The molecule has 0 saturated carbocycles. The van der Waals surface area contributed by atoms with E-state index >= 15 is 0 Å². The molecule has 0 aliphatic carbocycles. The Hall–Kier alpha value is -2.44. The monoisotopic (exact) mass is 340 g/mol. The number of rotatable bonds is 5. The zero-order valence-electron chi connectivity index (χ0n) is 14.7. The van der Waals surface area contributed by atoms with E-state index in [0.29, 0.717) is 17.3 Å². The van der Waals surface area contributed by atoms with E-state index in [2.05, 4.69) is 33.2 Å². The van der Waals surface area contributed by atoms with Gasteiger partial charge in [0.05, 0.1) is 7.11 Å². The second-order valence-corrected chi connectivity index (χ2v) is 6.30. The summed E-state index contributed by atoms with van der Waals surface area (Å²) in [7, 11) is 3.70. The normalized spacial score (nSPS) is 15.8. The average molecular weight is 340 g/mol. The summed E-state index contributed by atoms with van der Waals surface area (Å²) < 4.78 is 5.08. The summed E-state index contributed by atoms with van der Waals surface area (Å²) in [6.07, 6.45) is 0. The molecule has 0 atom stereocenters. The first kappa shape index (κ1) is 17.4. The van der Waals surface area contributed by atoms with Crippen LogP contribution in [0, 0.1) is 0 Å². The molecule has 1 aliphatic heterocycles. The Morgan fingerprint density at radius 2 is 1.92 bits per heavy atom. The number of likely N-dealkylation sites (N-methyl/N-ethyl adjacent to an activating group) is 1. The molecular weight excluding hydrogens is 316 g/mol. The fraction of sp³-hybridized carbons (Fsp3) is 0.368. The lowest BCUT2D eigenvalue weighted by Crippen LogP contribution is -2.43. The summed E-state index contributed by atoms with van der Waals surface area (Å²) in [4.78, 5) is 21.5. The topological polar surface area (TPSA) is 57.7 Å². The molecule has 0 bridgehead atoms. The van der Waals surface area contributed by atoms with Gasteiger partial charge in [0.2, 0.25) is 5.88 Å². The highest BCUT2D eigenvalue weighted by Crippen LogP contribution is 2.14. The molecule has 0 unspecified atom stereocenters. The summed E-state index contributed by atoms with van der Waals surface area (Å²) in [5.74, 6) is 0.788.